The van der Waals surface area contributed by atoms with Gasteiger partial charge in [0.2, 0.25) is 20.0 Å². The van der Waals surface area contributed by atoms with E-state index in [1.54, 1.807) is 0 Å². The van der Waals surface area contributed by atoms with Crippen LogP contribution in [-0.2, 0) is 20.0 Å². The van der Waals surface area contributed by atoms with Crippen LogP contribution in [0.1, 0.15) is 39.0 Å². The summed E-state index contributed by atoms with van der Waals surface area (Å²) < 4.78 is 54.3. The van der Waals surface area contributed by atoms with Crippen LogP contribution in [-0.4, -0.2) is 39.8 Å². The van der Waals surface area contributed by atoms with Gasteiger partial charge in [0, 0.05) is 18.6 Å². The maximum atomic E-state index is 12.8. The molecule has 0 bridgehead atoms. The molecule has 1 unspecified atom stereocenters. The van der Waals surface area contributed by atoms with Crippen LogP contribution in [0.3, 0.4) is 0 Å². The molecule has 8 heteroatoms. The zero-order valence-corrected chi connectivity index (χ0v) is 14.7. The Labute approximate surface area is 138 Å². The Morgan fingerprint density at radius 1 is 1.04 bits per heavy atom. The Morgan fingerprint density at radius 3 is 2.39 bits per heavy atom. The lowest BCUT2D eigenvalue weighted by molar-refractivity contribution is 0.268. The predicted octanol–water partition coefficient (Wildman–Crippen LogP) is 1.69. The Hall–Kier alpha value is -0.960. The van der Waals surface area contributed by atoms with Crippen molar-refractivity contribution in [3.63, 3.8) is 0 Å². The smallest absolute Gasteiger partial charge is 0.208 e. The molecule has 0 amide bonds. The summed E-state index contributed by atoms with van der Waals surface area (Å²) in [6, 6.07) is 5.58. The van der Waals surface area contributed by atoms with E-state index >= 15 is 0 Å². The first-order chi connectivity index (χ1) is 10.8. The van der Waals surface area contributed by atoms with Gasteiger partial charge < -0.3 is 0 Å². The minimum Gasteiger partial charge on any atom is -0.208 e. The molecular formula is C15H22N2O4S2. The lowest BCUT2D eigenvalue weighted by Crippen LogP contribution is -2.42. The fraction of sp³-hybridized carbons (Fsp3) is 0.600. The first kappa shape index (κ1) is 16.9. The van der Waals surface area contributed by atoms with E-state index in [1.165, 1.54) is 28.6 Å². The van der Waals surface area contributed by atoms with Gasteiger partial charge in [0.15, 0.2) is 0 Å². The van der Waals surface area contributed by atoms with Crippen LogP contribution in [0.25, 0.3) is 0 Å². The molecule has 0 radical (unpaired) electrons. The Kier molecular flexibility index (Phi) is 4.52. The molecule has 1 saturated heterocycles. The molecule has 2 fully saturated rings. The highest BCUT2D eigenvalue weighted by molar-refractivity contribution is 7.90. The van der Waals surface area contributed by atoms with Crippen molar-refractivity contribution in [2.45, 2.75) is 60.9 Å². The number of piperidine rings is 1. The maximum absolute atomic E-state index is 12.8. The fourth-order valence-corrected chi connectivity index (χ4v) is 6.03. The van der Waals surface area contributed by atoms with Crippen molar-refractivity contribution in [2.24, 2.45) is 0 Å². The number of benzene rings is 1. The van der Waals surface area contributed by atoms with Crippen molar-refractivity contribution in [2.75, 3.05) is 6.54 Å². The van der Waals surface area contributed by atoms with Gasteiger partial charge in [-0.05, 0) is 50.8 Å². The summed E-state index contributed by atoms with van der Waals surface area (Å²) in [7, 11) is -7.32. The second-order valence-corrected chi connectivity index (χ2v) is 9.94. The van der Waals surface area contributed by atoms with E-state index in [4.69, 9.17) is 0 Å². The molecule has 0 aromatic heterocycles. The highest BCUT2D eigenvalue weighted by Crippen LogP contribution is 2.27. The summed E-state index contributed by atoms with van der Waals surface area (Å²) in [6.45, 7) is 2.38. The first-order valence-corrected chi connectivity index (χ1v) is 10.9. The Balaban J connectivity index is 1.92. The van der Waals surface area contributed by atoms with Gasteiger partial charge in [-0.2, -0.15) is 4.31 Å². The quantitative estimate of drug-likeness (QED) is 0.868. The molecule has 1 heterocycles. The molecule has 1 N–H and O–H groups in total. The van der Waals surface area contributed by atoms with Crippen molar-refractivity contribution < 1.29 is 16.8 Å². The molecular weight excluding hydrogens is 336 g/mol. The SMILES string of the molecule is CC1CCCCN1S(=O)(=O)c1cccc(S(=O)(=O)NC2CC2)c1. The van der Waals surface area contributed by atoms with Crippen LogP contribution in [0, 0.1) is 0 Å². The standard InChI is InChI=1S/C15H22N2O4S2/c1-12-5-2-3-10-17(12)23(20,21)15-7-4-6-14(11-15)22(18,19)16-13-8-9-13/h4,6-7,11-13,16H,2-3,5,8-10H2,1H3. The summed E-state index contributed by atoms with van der Waals surface area (Å²) in [5.41, 5.74) is 0. The molecule has 6 nitrogen and oxygen atoms in total. The minimum absolute atomic E-state index is 0.00939. The largest absolute Gasteiger partial charge is 0.243 e. The monoisotopic (exact) mass is 358 g/mol. The number of rotatable bonds is 5. The summed E-state index contributed by atoms with van der Waals surface area (Å²) in [4.78, 5) is 0.0556. The van der Waals surface area contributed by atoms with E-state index in [2.05, 4.69) is 4.72 Å². The Bertz CT molecular complexity index is 785. The molecule has 128 valence electrons. The molecule has 1 aliphatic heterocycles. The second-order valence-electron chi connectivity index (χ2n) is 6.33. The number of hydrogen-bond donors (Lipinski definition) is 1. The van der Waals surface area contributed by atoms with Gasteiger partial charge in [-0.3, -0.25) is 0 Å². The number of nitrogens with one attached hydrogen (secondary N) is 1. The summed E-state index contributed by atoms with van der Waals surface area (Å²) in [5, 5.41) is 0. The highest BCUT2D eigenvalue weighted by atomic mass is 32.2. The molecule has 1 saturated carbocycles. The van der Waals surface area contributed by atoms with Gasteiger partial charge in [0.05, 0.1) is 9.79 Å². The third-order valence-corrected chi connectivity index (χ3v) is 7.89. The van der Waals surface area contributed by atoms with Crippen LogP contribution < -0.4 is 4.72 Å². The second kappa shape index (κ2) is 6.16. The number of nitrogens with zero attached hydrogens (tertiary/aromatic N) is 1. The van der Waals surface area contributed by atoms with Crippen LogP contribution in [0.5, 0.6) is 0 Å². The molecule has 1 aliphatic carbocycles. The van der Waals surface area contributed by atoms with Crippen molar-refractivity contribution in [1.82, 2.24) is 9.03 Å². The van der Waals surface area contributed by atoms with Gasteiger partial charge in [-0.25, -0.2) is 21.6 Å². The normalized spacial score (nSPS) is 23.8. The van der Waals surface area contributed by atoms with Crippen molar-refractivity contribution in [1.29, 1.82) is 0 Å². The van der Waals surface area contributed by atoms with Gasteiger partial charge in [-0.1, -0.05) is 12.5 Å². The molecule has 3 rings (SSSR count). The van der Waals surface area contributed by atoms with Gasteiger partial charge >= 0.3 is 0 Å². The van der Waals surface area contributed by atoms with E-state index in [9.17, 15) is 16.8 Å². The zero-order valence-electron chi connectivity index (χ0n) is 13.1. The highest BCUT2D eigenvalue weighted by Gasteiger charge is 2.32. The van der Waals surface area contributed by atoms with Gasteiger partial charge in [-0.15, -0.1) is 0 Å². The summed E-state index contributed by atoms with van der Waals surface area (Å²) in [5.74, 6) is 0. The molecule has 23 heavy (non-hydrogen) atoms. The Morgan fingerprint density at radius 2 is 1.74 bits per heavy atom. The third-order valence-electron chi connectivity index (χ3n) is 4.36. The zero-order chi connectivity index (χ0) is 16.7. The molecule has 1 aromatic carbocycles. The van der Waals surface area contributed by atoms with E-state index in [1.807, 2.05) is 6.92 Å². The predicted molar refractivity (Wildman–Crippen MR) is 87.0 cm³/mol. The van der Waals surface area contributed by atoms with E-state index in [0.29, 0.717) is 6.54 Å². The lowest BCUT2D eigenvalue weighted by Gasteiger charge is -2.32. The molecule has 0 spiro atoms. The van der Waals surface area contributed by atoms with E-state index < -0.39 is 20.0 Å². The number of hydrogen-bond acceptors (Lipinski definition) is 4. The van der Waals surface area contributed by atoms with Crippen molar-refractivity contribution in [3.8, 4) is 0 Å². The van der Waals surface area contributed by atoms with Crippen LogP contribution in [0.4, 0.5) is 0 Å². The van der Waals surface area contributed by atoms with Crippen LogP contribution >= 0.6 is 0 Å². The molecule has 1 atom stereocenters. The number of sulfonamides is 2. The van der Waals surface area contributed by atoms with Crippen molar-refractivity contribution >= 4 is 20.0 Å². The van der Waals surface area contributed by atoms with Gasteiger partial charge in [0.1, 0.15) is 0 Å². The van der Waals surface area contributed by atoms with E-state index in [0.717, 1.165) is 32.1 Å². The topological polar surface area (TPSA) is 83.6 Å². The maximum Gasteiger partial charge on any atom is 0.243 e. The lowest BCUT2D eigenvalue weighted by atomic mass is 10.1. The summed E-state index contributed by atoms with van der Waals surface area (Å²) in [6.07, 6.45) is 4.36. The minimum atomic E-state index is -3.67. The van der Waals surface area contributed by atoms with E-state index in [-0.39, 0.29) is 21.9 Å². The third kappa shape index (κ3) is 3.60. The molecule has 1 aromatic rings. The average Bonchev–Trinajstić information content (AvgIpc) is 3.31. The molecule has 2 aliphatic rings. The first-order valence-electron chi connectivity index (χ1n) is 7.95. The van der Waals surface area contributed by atoms with Gasteiger partial charge in [0.25, 0.3) is 0 Å². The van der Waals surface area contributed by atoms with Crippen LogP contribution in [0.2, 0.25) is 0 Å². The van der Waals surface area contributed by atoms with Crippen LogP contribution in [0.15, 0.2) is 34.1 Å². The van der Waals surface area contributed by atoms with Crippen molar-refractivity contribution in [3.05, 3.63) is 24.3 Å². The summed E-state index contributed by atoms with van der Waals surface area (Å²) >= 11 is 0. The fourth-order valence-electron chi connectivity index (χ4n) is 2.85. The average molecular weight is 358 g/mol.